The summed E-state index contributed by atoms with van der Waals surface area (Å²) in [5, 5.41) is 13.9. The number of amides is 1. The lowest BCUT2D eigenvalue weighted by atomic mass is 10.2. The van der Waals surface area contributed by atoms with Gasteiger partial charge in [-0.1, -0.05) is 37.1 Å². The summed E-state index contributed by atoms with van der Waals surface area (Å²) >= 11 is 11.9. The summed E-state index contributed by atoms with van der Waals surface area (Å²) in [5.41, 5.74) is 1.54. The first-order valence-corrected chi connectivity index (χ1v) is 9.67. The van der Waals surface area contributed by atoms with Crippen molar-refractivity contribution in [1.82, 2.24) is 14.9 Å². The number of non-ortho nitro benzene ring substituents is 1. The largest absolute Gasteiger partial charge is 0.355 e. The van der Waals surface area contributed by atoms with Crippen LogP contribution in [0.1, 0.15) is 36.8 Å². The second-order valence-electron chi connectivity index (χ2n) is 6.09. The number of halogens is 2. The van der Waals surface area contributed by atoms with Crippen molar-refractivity contribution in [1.29, 1.82) is 0 Å². The van der Waals surface area contributed by atoms with E-state index in [-0.39, 0.29) is 18.0 Å². The number of nitrogens with zero attached hydrogens (tertiary/aromatic N) is 3. The smallest absolute Gasteiger partial charge is 0.269 e. The molecule has 0 spiro atoms. The van der Waals surface area contributed by atoms with Crippen LogP contribution in [0.25, 0.3) is 0 Å². The molecule has 1 N–H and O–H groups in total. The zero-order chi connectivity index (χ0) is 19.8. The highest BCUT2D eigenvalue weighted by Crippen LogP contribution is 2.22. The Kier molecular flexibility index (Phi) is 8.06. The minimum Gasteiger partial charge on any atom is -0.355 e. The number of carbonyl (C=O) groups excluding carboxylic acids is 1. The number of hydrogen-bond donors (Lipinski definition) is 1. The van der Waals surface area contributed by atoms with Crippen LogP contribution in [-0.2, 0) is 24.2 Å². The van der Waals surface area contributed by atoms with Crippen molar-refractivity contribution in [2.45, 2.75) is 39.2 Å². The van der Waals surface area contributed by atoms with Crippen LogP contribution in [0.2, 0.25) is 5.15 Å². The number of hydrogen-bond acceptors (Lipinski definition) is 4. The summed E-state index contributed by atoms with van der Waals surface area (Å²) in [4.78, 5) is 27.0. The SMILES string of the molecule is CCCCc1nc(Cl)c(CC(=O)NCCCl)n1Cc1ccc([N+](=O)[O-])cc1. The van der Waals surface area contributed by atoms with Crippen molar-refractivity contribution < 1.29 is 9.72 Å². The average Bonchev–Trinajstić information content (AvgIpc) is 2.93. The highest BCUT2D eigenvalue weighted by molar-refractivity contribution is 6.30. The van der Waals surface area contributed by atoms with Gasteiger partial charge in [-0.25, -0.2) is 4.98 Å². The molecule has 0 atom stereocenters. The minimum absolute atomic E-state index is 0.0364. The Morgan fingerprint density at radius 2 is 2.04 bits per heavy atom. The third-order valence-corrected chi connectivity index (χ3v) is 4.58. The Labute approximate surface area is 167 Å². The molecule has 146 valence electrons. The van der Waals surface area contributed by atoms with Crippen molar-refractivity contribution >= 4 is 34.8 Å². The standard InChI is InChI=1S/C18H22Cl2N4O3/c1-2-3-4-16-22-18(20)15(11-17(25)21-10-9-19)23(16)12-13-5-7-14(8-6-13)24(26)27/h5-8H,2-4,9-12H2,1H3,(H,21,25). The topological polar surface area (TPSA) is 90.1 Å². The molecule has 0 unspecified atom stereocenters. The monoisotopic (exact) mass is 412 g/mol. The predicted octanol–water partition coefficient (Wildman–Crippen LogP) is 3.73. The normalized spacial score (nSPS) is 10.8. The van der Waals surface area contributed by atoms with Gasteiger partial charge in [0.25, 0.3) is 5.69 Å². The summed E-state index contributed by atoms with van der Waals surface area (Å²) in [7, 11) is 0. The lowest BCUT2D eigenvalue weighted by Crippen LogP contribution is -2.28. The van der Waals surface area contributed by atoms with Gasteiger partial charge in [0.15, 0.2) is 5.15 Å². The van der Waals surface area contributed by atoms with Crippen molar-refractivity contribution in [2.24, 2.45) is 0 Å². The zero-order valence-corrected chi connectivity index (χ0v) is 16.6. The Morgan fingerprint density at radius 1 is 1.33 bits per heavy atom. The van der Waals surface area contributed by atoms with E-state index in [0.717, 1.165) is 30.7 Å². The van der Waals surface area contributed by atoms with Crippen molar-refractivity contribution in [3.63, 3.8) is 0 Å². The fourth-order valence-electron chi connectivity index (χ4n) is 2.69. The van der Waals surface area contributed by atoms with E-state index in [2.05, 4.69) is 17.2 Å². The number of nitro benzene ring substituents is 1. The summed E-state index contributed by atoms with van der Waals surface area (Å²) in [5.74, 6) is 0.966. The van der Waals surface area contributed by atoms with Gasteiger partial charge in [0, 0.05) is 37.5 Å². The zero-order valence-electron chi connectivity index (χ0n) is 15.1. The third kappa shape index (κ3) is 5.94. The molecule has 1 aromatic carbocycles. The Hall–Kier alpha value is -2.12. The molecule has 0 radical (unpaired) electrons. The number of aromatic nitrogens is 2. The molecule has 7 nitrogen and oxygen atoms in total. The first-order chi connectivity index (χ1) is 13.0. The Bertz CT molecular complexity index is 791. The molecule has 0 aliphatic heterocycles. The van der Waals surface area contributed by atoms with Gasteiger partial charge in [0.2, 0.25) is 5.91 Å². The van der Waals surface area contributed by atoms with E-state index >= 15 is 0 Å². The molecule has 0 bridgehead atoms. The van der Waals surface area contributed by atoms with Gasteiger partial charge in [0.05, 0.1) is 17.0 Å². The number of benzene rings is 1. The van der Waals surface area contributed by atoms with Crippen LogP contribution >= 0.6 is 23.2 Å². The van der Waals surface area contributed by atoms with Crippen LogP contribution in [-0.4, -0.2) is 32.8 Å². The van der Waals surface area contributed by atoms with E-state index in [1.54, 1.807) is 12.1 Å². The summed E-state index contributed by atoms with van der Waals surface area (Å²) in [6.45, 7) is 2.91. The molecular formula is C18H22Cl2N4O3. The minimum atomic E-state index is -0.433. The maximum atomic E-state index is 12.1. The molecule has 0 saturated heterocycles. The molecule has 0 aliphatic rings. The Morgan fingerprint density at radius 3 is 2.63 bits per heavy atom. The molecule has 2 rings (SSSR count). The lowest BCUT2D eigenvalue weighted by Gasteiger charge is -2.12. The van der Waals surface area contributed by atoms with Gasteiger partial charge in [0.1, 0.15) is 5.82 Å². The number of rotatable bonds is 10. The fourth-order valence-corrected chi connectivity index (χ4v) is 3.05. The first-order valence-electron chi connectivity index (χ1n) is 8.76. The number of aryl methyl sites for hydroxylation is 1. The van der Waals surface area contributed by atoms with Crippen molar-refractivity contribution in [3.8, 4) is 0 Å². The molecule has 1 heterocycles. The van der Waals surface area contributed by atoms with Gasteiger partial charge in [-0.15, -0.1) is 11.6 Å². The molecule has 0 saturated carbocycles. The quantitative estimate of drug-likeness (QED) is 0.365. The predicted molar refractivity (Wildman–Crippen MR) is 105 cm³/mol. The third-order valence-electron chi connectivity index (χ3n) is 4.09. The maximum Gasteiger partial charge on any atom is 0.269 e. The summed E-state index contributed by atoms with van der Waals surface area (Å²) in [6.07, 6.45) is 2.80. The molecule has 1 amide bonds. The summed E-state index contributed by atoms with van der Waals surface area (Å²) in [6, 6.07) is 6.33. The van der Waals surface area contributed by atoms with Crippen molar-refractivity contribution in [2.75, 3.05) is 12.4 Å². The number of nitrogens with one attached hydrogen (secondary N) is 1. The van der Waals surface area contributed by atoms with E-state index in [9.17, 15) is 14.9 Å². The van der Waals surface area contributed by atoms with Gasteiger partial charge in [-0.2, -0.15) is 0 Å². The Balaban J connectivity index is 2.29. The van der Waals surface area contributed by atoms with E-state index in [1.807, 2.05) is 4.57 Å². The van der Waals surface area contributed by atoms with Crippen LogP contribution in [0, 0.1) is 10.1 Å². The molecule has 0 aliphatic carbocycles. The first kappa shape index (κ1) is 21.2. The maximum absolute atomic E-state index is 12.1. The van der Waals surface area contributed by atoms with Crippen LogP contribution in [0.15, 0.2) is 24.3 Å². The van der Waals surface area contributed by atoms with Crippen LogP contribution in [0.3, 0.4) is 0 Å². The van der Waals surface area contributed by atoms with Gasteiger partial charge in [-0.3, -0.25) is 14.9 Å². The van der Waals surface area contributed by atoms with Gasteiger partial charge < -0.3 is 9.88 Å². The van der Waals surface area contributed by atoms with E-state index in [1.165, 1.54) is 12.1 Å². The number of alkyl halides is 1. The number of imidazole rings is 1. The van der Waals surface area contributed by atoms with Crippen LogP contribution in [0.5, 0.6) is 0 Å². The molecule has 0 fully saturated rings. The second kappa shape index (κ2) is 10.3. The van der Waals surface area contributed by atoms with Gasteiger partial charge >= 0.3 is 0 Å². The number of nitro groups is 1. The molecule has 27 heavy (non-hydrogen) atoms. The van der Waals surface area contributed by atoms with E-state index in [0.29, 0.717) is 29.8 Å². The molecular weight excluding hydrogens is 391 g/mol. The highest BCUT2D eigenvalue weighted by atomic mass is 35.5. The second-order valence-corrected chi connectivity index (χ2v) is 6.83. The summed E-state index contributed by atoms with van der Waals surface area (Å²) < 4.78 is 1.93. The fraction of sp³-hybridized carbons (Fsp3) is 0.444. The van der Waals surface area contributed by atoms with Crippen molar-refractivity contribution in [3.05, 3.63) is 56.6 Å². The number of unbranched alkanes of at least 4 members (excludes halogenated alkanes) is 1. The highest BCUT2D eigenvalue weighted by Gasteiger charge is 2.19. The van der Waals surface area contributed by atoms with Gasteiger partial charge in [-0.05, 0) is 12.0 Å². The van der Waals surface area contributed by atoms with Crippen LogP contribution in [0.4, 0.5) is 5.69 Å². The molecule has 9 heteroatoms. The number of carbonyl (C=O) groups is 1. The average molecular weight is 413 g/mol. The van der Waals surface area contributed by atoms with Crippen LogP contribution < -0.4 is 5.32 Å². The molecule has 2 aromatic rings. The lowest BCUT2D eigenvalue weighted by molar-refractivity contribution is -0.384. The van der Waals surface area contributed by atoms with E-state index in [4.69, 9.17) is 23.2 Å². The van der Waals surface area contributed by atoms with E-state index < -0.39 is 4.92 Å². The molecule has 1 aromatic heterocycles.